The molecule has 0 radical (unpaired) electrons. The molecule has 4 rings (SSSR count). The molecule has 2 aromatic heterocycles. The number of carbonyl (C=O) groups excluding carboxylic acids is 1. The average molecular weight is 315 g/mol. The molecular formula is C17H21N3O3. The number of rotatable bonds is 5. The Morgan fingerprint density at radius 3 is 3.04 bits per heavy atom. The van der Waals surface area contributed by atoms with Crippen LogP contribution in [-0.4, -0.2) is 40.8 Å². The Morgan fingerprint density at radius 2 is 2.35 bits per heavy atom. The zero-order chi connectivity index (χ0) is 15.8. The van der Waals surface area contributed by atoms with E-state index < -0.39 is 0 Å². The molecule has 2 aromatic rings. The van der Waals surface area contributed by atoms with Gasteiger partial charge in [-0.15, -0.1) is 0 Å². The molecule has 0 bridgehead atoms. The van der Waals surface area contributed by atoms with Gasteiger partial charge in [0, 0.05) is 20.2 Å². The Kier molecular flexibility index (Phi) is 3.69. The van der Waals surface area contributed by atoms with Crippen LogP contribution in [0.5, 0.6) is 0 Å². The lowest BCUT2D eigenvalue weighted by Crippen LogP contribution is -2.42. The molecule has 1 aliphatic carbocycles. The van der Waals surface area contributed by atoms with Gasteiger partial charge in [0.05, 0.1) is 36.4 Å². The van der Waals surface area contributed by atoms with Gasteiger partial charge < -0.3 is 14.1 Å². The largest absolute Gasteiger partial charge is 0.472 e. The maximum Gasteiger partial charge on any atom is 0.257 e. The van der Waals surface area contributed by atoms with Gasteiger partial charge in [-0.25, -0.2) is 0 Å². The standard InChI is InChI=1S/C17H21N3O3/c1-22-11-15-16-13(8-18-20(16)9-12-2-3-12)4-6-19(15)17(21)14-5-7-23-10-14/h5,7-8,10,12,15H,2-4,6,9,11H2,1H3/t15-/m0/s1. The van der Waals surface area contributed by atoms with E-state index >= 15 is 0 Å². The van der Waals surface area contributed by atoms with Gasteiger partial charge in [-0.1, -0.05) is 0 Å². The monoisotopic (exact) mass is 315 g/mol. The van der Waals surface area contributed by atoms with Crippen LogP contribution in [0.1, 0.15) is 40.5 Å². The van der Waals surface area contributed by atoms with Crippen molar-refractivity contribution in [2.24, 2.45) is 5.92 Å². The third-order valence-corrected chi connectivity index (χ3v) is 4.76. The molecule has 1 aliphatic heterocycles. The van der Waals surface area contributed by atoms with Crippen molar-refractivity contribution in [1.82, 2.24) is 14.7 Å². The van der Waals surface area contributed by atoms with E-state index in [0.29, 0.717) is 18.7 Å². The van der Waals surface area contributed by atoms with Gasteiger partial charge in [0.25, 0.3) is 5.91 Å². The first-order chi connectivity index (χ1) is 11.3. The molecule has 0 unspecified atom stereocenters. The molecule has 0 N–H and O–H groups in total. The number of ether oxygens (including phenoxy) is 1. The van der Waals surface area contributed by atoms with Crippen LogP contribution >= 0.6 is 0 Å². The summed E-state index contributed by atoms with van der Waals surface area (Å²) < 4.78 is 12.6. The van der Waals surface area contributed by atoms with Crippen LogP contribution in [0.25, 0.3) is 0 Å². The average Bonchev–Trinajstić information content (AvgIpc) is 3.05. The summed E-state index contributed by atoms with van der Waals surface area (Å²) >= 11 is 0. The van der Waals surface area contributed by atoms with Crippen molar-refractivity contribution in [2.75, 3.05) is 20.3 Å². The first-order valence-electron chi connectivity index (χ1n) is 8.14. The second kappa shape index (κ2) is 5.85. The second-order valence-electron chi connectivity index (χ2n) is 6.41. The summed E-state index contributed by atoms with van der Waals surface area (Å²) in [4.78, 5) is 14.7. The van der Waals surface area contributed by atoms with Gasteiger partial charge in [0.1, 0.15) is 6.26 Å². The first-order valence-corrected chi connectivity index (χ1v) is 8.14. The molecule has 2 aliphatic rings. The van der Waals surface area contributed by atoms with Crippen molar-refractivity contribution in [2.45, 2.75) is 31.8 Å². The highest BCUT2D eigenvalue weighted by molar-refractivity contribution is 5.94. The molecule has 1 amide bonds. The van der Waals surface area contributed by atoms with E-state index in [-0.39, 0.29) is 11.9 Å². The Hall–Kier alpha value is -2.08. The predicted octanol–water partition coefficient (Wildman–Crippen LogP) is 2.27. The Bertz CT molecular complexity index is 688. The van der Waals surface area contributed by atoms with Crippen molar-refractivity contribution >= 4 is 5.91 Å². The van der Waals surface area contributed by atoms with E-state index in [1.807, 2.05) is 11.1 Å². The summed E-state index contributed by atoms with van der Waals surface area (Å²) in [5.41, 5.74) is 2.97. The van der Waals surface area contributed by atoms with E-state index in [1.165, 1.54) is 30.9 Å². The van der Waals surface area contributed by atoms with E-state index in [0.717, 1.165) is 24.6 Å². The van der Waals surface area contributed by atoms with Crippen molar-refractivity contribution in [3.63, 3.8) is 0 Å². The zero-order valence-electron chi connectivity index (χ0n) is 13.3. The zero-order valence-corrected chi connectivity index (χ0v) is 13.3. The second-order valence-corrected chi connectivity index (χ2v) is 6.41. The lowest BCUT2D eigenvalue weighted by atomic mass is 9.99. The normalized spacial score (nSPS) is 20.6. The van der Waals surface area contributed by atoms with Gasteiger partial charge in [-0.3, -0.25) is 9.48 Å². The number of hydrogen-bond donors (Lipinski definition) is 0. The van der Waals surface area contributed by atoms with Gasteiger partial charge >= 0.3 is 0 Å². The summed E-state index contributed by atoms with van der Waals surface area (Å²) in [5.74, 6) is 0.729. The SMILES string of the molecule is COC[C@H]1c2c(cnn2CC2CC2)CCN1C(=O)c1ccoc1. The van der Waals surface area contributed by atoms with Gasteiger partial charge in [-0.05, 0) is 36.8 Å². The van der Waals surface area contributed by atoms with Crippen molar-refractivity contribution in [3.05, 3.63) is 41.6 Å². The number of nitrogens with zero attached hydrogens (tertiary/aromatic N) is 3. The molecule has 6 heteroatoms. The minimum Gasteiger partial charge on any atom is -0.472 e. The third kappa shape index (κ3) is 2.67. The van der Waals surface area contributed by atoms with E-state index in [9.17, 15) is 4.79 Å². The third-order valence-electron chi connectivity index (χ3n) is 4.76. The molecule has 6 nitrogen and oxygen atoms in total. The molecule has 122 valence electrons. The maximum atomic E-state index is 12.8. The van der Waals surface area contributed by atoms with Crippen LogP contribution in [0, 0.1) is 5.92 Å². The summed E-state index contributed by atoms with van der Waals surface area (Å²) in [5, 5.41) is 4.57. The lowest BCUT2D eigenvalue weighted by Gasteiger charge is -2.36. The number of methoxy groups -OCH3 is 1. The van der Waals surface area contributed by atoms with Crippen LogP contribution in [-0.2, 0) is 17.7 Å². The molecule has 1 fully saturated rings. The smallest absolute Gasteiger partial charge is 0.257 e. The number of furan rings is 1. The summed E-state index contributed by atoms with van der Waals surface area (Å²) in [6.45, 7) is 2.11. The summed E-state index contributed by atoms with van der Waals surface area (Å²) in [6, 6.07) is 1.62. The van der Waals surface area contributed by atoms with Crippen LogP contribution < -0.4 is 0 Å². The number of aromatic nitrogens is 2. The molecule has 0 saturated heterocycles. The minimum absolute atomic E-state index is 0.00868. The number of fused-ring (bicyclic) bond motifs is 1. The topological polar surface area (TPSA) is 60.5 Å². The maximum absolute atomic E-state index is 12.8. The van der Waals surface area contributed by atoms with Crippen molar-refractivity contribution < 1.29 is 13.9 Å². The van der Waals surface area contributed by atoms with Crippen LogP contribution in [0.3, 0.4) is 0 Å². The van der Waals surface area contributed by atoms with Crippen LogP contribution in [0.4, 0.5) is 0 Å². The Labute approximate surface area is 135 Å². The number of hydrogen-bond acceptors (Lipinski definition) is 4. The van der Waals surface area contributed by atoms with Gasteiger partial charge in [0.2, 0.25) is 0 Å². The molecule has 0 spiro atoms. The predicted molar refractivity (Wildman–Crippen MR) is 83.0 cm³/mol. The number of amides is 1. The fourth-order valence-corrected chi connectivity index (χ4v) is 3.37. The fourth-order valence-electron chi connectivity index (χ4n) is 3.37. The summed E-state index contributed by atoms with van der Waals surface area (Å²) in [7, 11) is 1.68. The van der Waals surface area contributed by atoms with E-state index in [2.05, 4.69) is 9.78 Å². The Morgan fingerprint density at radius 1 is 1.48 bits per heavy atom. The minimum atomic E-state index is -0.0904. The van der Waals surface area contributed by atoms with Crippen molar-refractivity contribution in [3.8, 4) is 0 Å². The highest BCUT2D eigenvalue weighted by Gasteiger charge is 2.36. The lowest BCUT2D eigenvalue weighted by molar-refractivity contribution is 0.0481. The highest BCUT2D eigenvalue weighted by Crippen LogP contribution is 2.35. The first kappa shape index (κ1) is 14.5. The highest BCUT2D eigenvalue weighted by atomic mass is 16.5. The molecule has 3 heterocycles. The summed E-state index contributed by atoms with van der Waals surface area (Å²) in [6.07, 6.45) is 8.39. The number of carbonyl (C=O) groups is 1. The molecule has 23 heavy (non-hydrogen) atoms. The van der Waals surface area contributed by atoms with Crippen molar-refractivity contribution in [1.29, 1.82) is 0 Å². The van der Waals surface area contributed by atoms with E-state index in [4.69, 9.17) is 9.15 Å². The molecular weight excluding hydrogens is 294 g/mol. The molecule has 0 aromatic carbocycles. The molecule has 1 atom stereocenters. The van der Waals surface area contributed by atoms with Gasteiger partial charge in [-0.2, -0.15) is 5.10 Å². The molecule has 1 saturated carbocycles. The Balaban J connectivity index is 1.66. The van der Waals surface area contributed by atoms with Crippen LogP contribution in [0.15, 0.2) is 29.2 Å². The van der Waals surface area contributed by atoms with E-state index in [1.54, 1.807) is 13.2 Å². The van der Waals surface area contributed by atoms with Gasteiger partial charge in [0.15, 0.2) is 0 Å². The quantitative estimate of drug-likeness (QED) is 0.849. The fraction of sp³-hybridized carbons (Fsp3) is 0.529. The van der Waals surface area contributed by atoms with Crippen LogP contribution in [0.2, 0.25) is 0 Å².